The molecule has 0 spiro atoms. The SMILES string of the molecule is O=S(=O)(Cl)c1c(Oc2ccccc2)ccc2c3[nH]c(c12)N=c1[nH]c(c2cc(Oc4ccccc4)ccc12)=Nc1[nH]c(c2cc(Oc4ccccc4)ccc12)N=c1[nH]c(c2cc(Oc4ccccc4)ccc12)=N3. The number of aromatic amines is 4. The first kappa shape index (κ1) is 42.6. The van der Waals surface area contributed by atoms with Gasteiger partial charge in [-0.2, -0.15) is 0 Å². The number of aromatic nitrogens is 4. The van der Waals surface area contributed by atoms with Crippen LogP contribution in [0.4, 0.5) is 23.3 Å². The van der Waals surface area contributed by atoms with Crippen molar-refractivity contribution in [1.82, 2.24) is 19.9 Å². The highest BCUT2D eigenvalue weighted by atomic mass is 35.7. The summed E-state index contributed by atoms with van der Waals surface area (Å²) in [5, 5.41) is 4.69. The lowest BCUT2D eigenvalue weighted by Gasteiger charge is -2.11. The van der Waals surface area contributed by atoms with Gasteiger partial charge < -0.3 is 38.9 Å². The Morgan fingerprint density at radius 2 is 0.694 bits per heavy atom. The van der Waals surface area contributed by atoms with Crippen molar-refractivity contribution in [3.05, 3.63) is 210 Å². The zero-order valence-corrected chi connectivity index (χ0v) is 39.0. The van der Waals surface area contributed by atoms with E-state index in [1.807, 2.05) is 152 Å². The van der Waals surface area contributed by atoms with Crippen molar-refractivity contribution in [2.75, 3.05) is 0 Å². The third-order valence-electron chi connectivity index (χ3n) is 12.1. The average molecular weight is 983 g/mol. The molecular formula is C56H35ClN8O6S. The first-order valence-electron chi connectivity index (χ1n) is 22.6. The Labute approximate surface area is 412 Å². The second kappa shape index (κ2) is 17.2. The summed E-state index contributed by atoms with van der Waals surface area (Å²) in [5.41, 5.74) is 1.62. The van der Waals surface area contributed by atoms with E-state index >= 15 is 0 Å². The van der Waals surface area contributed by atoms with Crippen molar-refractivity contribution in [3.63, 3.8) is 0 Å². The molecule has 72 heavy (non-hydrogen) atoms. The van der Waals surface area contributed by atoms with E-state index < -0.39 is 9.05 Å². The summed E-state index contributed by atoms with van der Waals surface area (Å²) in [6.07, 6.45) is 0. The van der Waals surface area contributed by atoms with Crippen LogP contribution in [0, 0.1) is 0 Å². The molecule has 0 amide bonds. The van der Waals surface area contributed by atoms with Gasteiger partial charge in [-0.05, 0) is 115 Å². The number of hydrogen-bond acceptors (Lipinski definition) is 10. The minimum Gasteiger partial charge on any atom is -0.457 e. The molecule has 4 aromatic heterocycles. The van der Waals surface area contributed by atoms with Crippen LogP contribution in [0.25, 0.3) is 43.1 Å². The van der Waals surface area contributed by atoms with E-state index in [-0.39, 0.29) is 27.7 Å². The lowest BCUT2D eigenvalue weighted by molar-refractivity contribution is 0.470. The number of rotatable bonds is 9. The highest BCUT2D eigenvalue weighted by molar-refractivity contribution is 8.14. The van der Waals surface area contributed by atoms with Crippen LogP contribution in [0.15, 0.2) is 213 Å². The van der Waals surface area contributed by atoms with E-state index in [1.165, 1.54) is 0 Å². The molecule has 12 aromatic rings. The summed E-state index contributed by atoms with van der Waals surface area (Å²) in [6, 6.07) is 57.6. The lowest BCUT2D eigenvalue weighted by atomic mass is 10.2. The zero-order valence-electron chi connectivity index (χ0n) is 37.4. The van der Waals surface area contributed by atoms with Crippen LogP contribution in [0.3, 0.4) is 0 Å². The number of ether oxygens (including phenoxy) is 4. The maximum absolute atomic E-state index is 13.9. The molecule has 4 N–H and O–H groups in total. The molecule has 0 aliphatic carbocycles. The number of halogens is 1. The molecule has 14 nitrogen and oxygen atoms in total. The van der Waals surface area contributed by atoms with Crippen LogP contribution in [0.1, 0.15) is 0 Å². The second-order valence-electron chi connectivity index (χ2n) is 16.8. The third-order valence-corrected chi connectivity index (χ3v) is 13.5. The van der Waals surface area contributed by atoms with Crippen molar-refractivity contribution in [3.8, 4) is 46.0 Å². The lowest BCUT2D eigenvalue weighted by Crippen LogP contribution is -2.10. The molecule has 5 heterocycles. The van der Waals surface area contributed by atoms with Crippen LogP contribution < -0.4 is 40.9 Å². The van der Waals surface area contributed by atoms with Gasteiger partial charge in [0.1, 0.15) is 96.1 Å². The first-order valence-corrected chi connectivity index (χ1v) is 24.9. The number of nitrogens with one attached hydrogen (secondary N) is 4. The van der Waals surface area contributed by atoms with Gasteiger partial charge in [0.15, 0.2) is 0 Å². The zero-order chi connectivity index (χ0) is 48.3. The van der Waals surface area contributed by atoms with E-state index in [9.17, 15) is 8.42 Å². The fourth-order valence-electron chi connectivity index (χ4n) is 8.91. The van der Waals surface area contributed by atoms with Gasteiger partial charge in [0, 0.05) is 48.4 Å². The molecule has 0 atom stereocenters. The topological polar surface area (TPSA) is 184 Å². The highest BCUT2D eigenvalue weighted by Gasteiger charge is 2.27. The Kier molecular flexibility index (Phi) is 10.2. The summed E-state index contributed by atoms with van der Waals surface area (Å²) in [7, 11) is 1.88. The molecule has 348 valence electrons. The minimum atomic E-state index is -4.53. The predicted molar refractivity (Wildman–Crippen MR) is 276 cm³/mol. The average Bonchev–Trinajstić information content (AvgIpc) is 4.12. The molecule has 13 rings (SSSR count). The van der Waals surface area contributed by atoms with Crippen molar-refractivity contribution in [2.24, 2.45) is 20.0 Å². The summed E-state index contributed by atoms with van der Waals surface area (Å²) < 4.78 is 53.1. The van der Waals surface area contributed by atoms with Crippen LogP contribution in [0.5, 0.6) is 46.0 Å². The Morgan fingerprint density at radius 3 is 1.17 bits per heavy atom. The van der Waals surface area contributed by atoms with Crippen LogP contribution in [0.2, 0.25) is 0 Å². The quantitative estimate of drug-likeness (QED) is 0.104. The monoisotopic (exact) mass is 982 g/mol. The molecule has 16 heteroatoms. The largest absolute Gasteiger partial charge is 0.457 e. The van der Waals surface area contributed by atoms with Gasteiger partial charge >= 0.3 is 0 Å². The van der Waals surface area contributed by atoms with Crippen LogP contribution in [-0.2, 0) is 9.05 Å². The Hall–Kier alpha value is -9.44. The number of nitrogens with zero attached hydrogens (tertiary/aromatic N) is 4. The Bertz CT molecular complexity index is 4440. The summed E-state index contributed by atoms with van der Waals surface area (Å²) in [6.45, 7) is 0. The van der Waals surface area contributed by atoms with E-state index in [2.05, 4.69) is 19.9 Å². The Morgan fingerprint density at radius 1 is 0.333 bits per heavy atom. The maximum atomic E-state index is 13.9. The van der Waals surface area contributed by atoms with Gasteiger partial charge in [0.2, 0.25) is 0 Å². The highest BCUT2D eigenvalue weighted by Crippen LogP contribution is 2.45. The minimum absolute atomic E-state index is 0.00745. The first-order chi connectivity index (χ1) is 35.2. The molecule has 0 saturated carbocycles. The van der Waals surface area contributed by atoms with E-state index in [0.717, 1.165) is 10.8 Å². The summed E-state index contributed by atoms with van der Waals surface area (Å²) in [5.74, 6) is 5.41. The predicted octanol–water partition coefficient (Wildman–Crippen LogP) is 12.8. The molecule has 0 fully saturated rings. The normalized spacial score (nSPS) is 12.2. The van der Waals surface area contributed by atoms with Crippen molar-refractivity contribution < 1.29 is 27.4 Å². The van der Waals surface area contributed by atoms with Crippen LogP contribution in [-0.4, -0.2) is 28.4 Å². The summed E-state index contributed by atoms with van der Waals surface area (Å²) >= 11 is 0. The molecule has 0 unspecified atom stereocenters. The van der Waals surface area contributed by atoms with Gasteiger partial charge in [0.05, 0.1) is 5.39 Å². The smallest absolute Gasteiger partial charge is 0.265 e. The van der Waals surface area contributed by atoms with Gasteiger partial charge in [-0.25, -0.2) is 28.4 Å². The van der Waals surface area contributed by atoms with Gasteiger partial charge in [-0.1, -0.05) is 72.8 Å². The van der Waals surface area contributed by atoms with Crippen molar-refractivity contribution >= 4 is 86.1 Å². The molecule has 8 aromatic carbocycles. The molecule has 8 bridgehead atoms. The van der Waals surface area contributed by atoms with Gasteiger partial charge in [0.25, 0.3) is 9.05 Å². The fourth-order valence-corrected chi connectivity index (χ4v) is 10.2. The third kappa shape index (κ3) is 7.93. The van der Waals surface area contributed by atoms with Crippen molar-refractivity contribution in [1.29, 1.82) is 0 Å². The molecule has 0 saturated heterocycles. The van der Waals surface area contributed by atoms with Gasteiger partial charge in [-0.15, -0.1) is 0 Å². The number of para-hydroxylation sites is 4. The molecular weight excluding hydrogens is 948 g/mol. The molecule has 0 radical (unpaired) electrons. The van der Waals surface area contributed by atoms with E-state index in [4.69, 9.17) is 49.6 Å². The number of fused-ring (bicyclic) bond motifs is 20. The maximum Gasteiger partial charge on any atom is 0.265 e. The number of benzene rings is 8. The number of H-pyrrole nitrogens is 4. The van der Waals surface area contributed by atoms with Gasteiger partial charge in [-0.3, -0.25) is 0 Å². The van der Waals surface area contributed by atoms with E-state index in [1.54, 1.807) is 36.4 Å². The molecule has 1 aliphatic heterocycles. The van der Waals surface area contributed by atoms with E-state index in [0.29, 0.717) is 101 Å². The second-order valence-corrected chi connectivity index (χ2v) is 19.3. The van der Waals surface area contributed by atoms with Crippen molar-refractivity contribution in [2.45, 2.75) is 4.90 Å². The summed E-state index contributed by atoms with van der Waals surface area (Å²) in [4.78, 5) is 34.4. The standard InChI is InChI=1S/C56H35ClN8O6S/c57-72(66,67)48-46(71-35-19-11-4-12-20-35)28-27-42-47(48)56-64-51-41-26-23-38(70-34-17-9-3-10-18-34)31-45(41)54(62-51)60-49-39-24-21-36(68-32-13-5-1-6-14-32)29-43(39)53(58-49)59-50-40-25-22-37(69-33-15-7-2-8-16-33)30-44(40)55(61-50)63-52(42)65-56/h1-31H,(H4,58,59,60,61,62,63,64,65). The number of hydrogen-bond donors (Lipinski definition) is 4. The Balaban J connectivity index is 1.13. The fraction of sp³-hybridized carbons (Fsp3) is 0. The molecule has 1 aliphatic rings. The van der Waals surface area contributed by atoms with Crippen LogP contribution >= 0.6 is 10.7 Å².